The molecule has 2 aromatic heterocycles. The molecule has 47 heavy (non-hydrogen) atoms. The van der Waals surface area contributed by atoms with Gasteiger partial charge in [0.25, 0.3) is 0 Å². The fourth-order valence-corrected chi connectivity index (χ4v) is 6.80. The van der Waals surface area contributed by atoms with Crippen molar-refractivity contribution in [2.75, 3.05) is 79.5 Å². The maximum atomic E-state index is 15.5. The Morgan fingerprint density at radius 3 is 2.30 bits per heavy atom. The van der Waals surface area contributed by atoms with Crippen molar-refractivity contribution >= 4 is 55.6 Å². The first-order chi connectivity index (χ1) is 22.5. The van der Waals surface area contributed by atoms with Gasteiger partial charge in [-0.3, -0.25) is 19.2 Å². The van der Waals surface area contributed by atoms with E-state index >= 15 is 8.78 Å². The van der Waals surface area contributed by atoms with Crippen LogP contribution in [0.5, 0.6) is 0 Å². The van der Waals surface area contributed by atoms with Gasteiger partial charge in [-0.2, -0.15) is 4.98 Å². The Labute approximate surface area is 273 Å². The molecule has 0 bridgehead atoms. The SMILES string of the molecule is CCc1cnc(Nc2cc(F)c(N3CCC(N4CCN(C)CC4)CC3)c(F)c2)nc1Nc1ccc2nccnc2c1N(C)S(C)(=O)=O. The predicted molar refractivity (Wildman–Crippen MR) is 181 cm³/mol. The van der Waals surface area contributed by atoms with E-state index in [1.165, 1.54) is 31.6 Å². The monoisotopic (exact) mass is 666 g/mol. The minimum absolute atomic E-state index is 0.0149. The van der Waals surface area contributed by atoms with Crippen LogP contribution < -0.4 is 19.8 Å². The van der Waals surface area contributed by atoms with Crippen LogP contribution in [0.3, 0.4) is 0 Å². The molecule has 2 aliphatic heterocycles. The van der Waals surface area contributed by atoms with Gasteiger partial charge in [0.05, 0.1) is 17.5 Å². The fraction of sp³-hybridized carbons (Fsp3) is 0.438. The molecule has 0 amide bonds. The van der Waals surface area contributed by atoms with Crippen LogP contribution in [0.2, 0.25) is 0 Å². The van der Waals surface area contributed by atoms with Gasteiger partial charge in [0.1, 0.15) is 22.7 Å². The number of halogens is 2. The lowest BCUT2D eigenvalue weighted by Crippen LogP contribution is -2.52. The Hall–Kier alpha value is -4.21. The summed E-state index contributed by atoms with van der Waals surface area (Å²) >= 11 is 0. The van der Waals surface area contributed by atoms with E-state index in [9.17, 15) is 8.42 Å². The molecule has 0 unspecified atom stereocenters. The molecule has 0 spiro atoms. The van der Waals surface area contributed by atoms with E-state index in [1.54, 1.807) is 23.2 Å². The number of hydrogen-bond donors (Lipinski definition) is 2. The second-order valence-electron chi connectivity index (χ2n) is 12.1. The molecule has 2 N–H and O–H groups in total. The van der Waals surface area contributed by atoms with Gasteiger partial charge in [-0.25, -0.2) is 22.2 Å². The molecule has 0 aliphatic carbocycles. The molecule has 12 nitrogen and oxygen atoms in total. The van der Waals surface area contributed by atoms with E-state index in [2.05, 4.69) is 47.4 Å². The van der Waals surface area contributed by atoms with E-state index in [4.69, 9.17) is 0 Å². The zero-order valence-electron chi connectivity index (χ0n) is 27.0. The topological polar surface area (TPSA) is 123 Å². The number of benzene rings is 2. The van der Waals surface area contributed by atoms with Crippen LogP contribution >= 0.6 is 0 Å². The first-order valence-corrected chi connectivity index (χ1v) is 17.6. The largest absolute Gasteiger partial charge is 0.367 e. The summed E-state index contributed by atoms with van der Waals surface area (Å²) in [5.74, 6) is -0.792. The van der Waals surface area contributed by atoms with Gasteiger partial charge in [-0.05, 0) is 50.6 Å². The number of piperidine rings is 1. The molecule has 2 saturated heterocycles. The van der Waals surface area contributed by atoms with E-state index in [0.29, 0.717) is 53.8 Å². The molecule has 6 rings (SSSR count). The third kappa shape index (κ3) is 7.06. The maximum absolute atomic E-state index is 15.5. The first kappa shape index (κ1) is 32.7. The summed E-state index contributed by atoms with van der Waals surface area (Å²) in [6.45, 7) is 7.25. The number of likely N-dealkylation sites (N-methyl/N-ethyl adjacent to an activating group) is 1. The van der Waals surface area contributed by atoms with Crippen molar-refractivity contribution in [3.63, 3.8) is 0 Å². The normalized spacial score (nSPS) is 16.9. The summed E-state index contributed by atoms with van der Waals surface area (Å²) < 4.78 is 57.2. The van der Waals surface area contributed by atoms with E-state index in [1.807, 2.05) is 6.92 Å². The highest BCUT2D eigenvalue weighted by molar-refractivity contribution is 7.92. The summed E-state index contributed by atoms with van der Waals surface area (Å²) in [5.41, 5.74) is 2.56. The predicted octanol–water partition coefficient (Wildman–Crippen LogP) is 4.36. The van der Waals surface area contributed by atoms with Gasteiger partial charge < -0.3 is 20.4 Å². The molecule has 4 heterocycles. The van der Waals surface area contributed by atoms with Crippen LogP contribution in [0.15, 0.2) is 42.9 Å². The Balaban J connectivity index is 1.22. The molecule has 2 aliphatic rings. The molecular weight excluding hydrogens is 626 g/mol. The van der Waals surface area contributed by atoms with Crippen LogP contribution in [-0.4, -0.2) is 104 Å². The number of piperazine rings is 1. The number of sulfonamides is 1. The molecule has 0 radical (unpaired) electrons. The number of hydrogen-bond acceptors (Lipinski definition) is 11. The zero-order valence-corrected chi connectivity index (χ0v) is 27.9. The van der Waals surface area contributed by atoms with Gasteiger partial charge in [0.2, 0.25) is 16.0 Å². The van der Waals surface area contributed by atoms with Crippen LogP contribution in [-0.2, 0) is 16.4 Å². The summed E-state index contributed by atoms with van der Waals surface area (Å²) in [5, 5.41) is 6.18. The number of nitrogens with zero attached hydrogens (tertiary/aromatic N) is 8. The highest BCUT2D eigenvalue weighted by Gasteiger charge is 2.29. The van der Waals surface area contributed by atoms with Gasteiger partial charge in [-0.15, -0.1) is 0 Å². The number of nitrogens with one attached hydrogen (secondary N) is 2. The quantitative estimate of drug-likeness (QED) is 0.265. The molecule has 15 heteroatoms. The maximum Gasteiger partial charge on any atom is 0.232 e. The minimum Gasteiger partial charge on any atom is -0.367 e. The molecule has 2 aromatic carbocycles. The van der Waals surface area contributed by atoms with Gasteiger partial charge in [0, 0.05) is 82.2 Å². The molecule has 0 saturated carbocycles. The number of aryl methyl sites for hydroxylation is 1. The van der Waals surface area contributed by atoms with E-state index in [-0.39, 0.29) is 17.3 Å². The second kappa shape index (κ2) is 13.5. The molecule has 0 atom stereocenters. The third-order valence-electron chi connectivity index (χ3n) is 9.03. The summed E-state index contributed by atoms with van der Waals surface area (Å²) in [7, 11) is -0.0783. The van der Waals surface area contributed by atoms with Crippen molar-refractivity contribution in [1.82, 2.24) is 29.7 Å². The molecule has 4 aromatic rings. The number of rotatable bonds is 9. The molecule has 250 valence electrons. The van der Waals surface area contributed by atoms with E-state index < -0.39 is 21.7 Å². The Bertz CT molecular complexity index is 1840. The Kier molecular flexibility index (Phi) is 9.39. The molecular formula is C32H40F2N10O2S. The highest BCUT2D eigenvalue weighted by atomic mass is 32.2. The van der Waals surface area contributed by atoms with Crippen molar-refractivity contribution < 1.29 is 17.2 Å². The third-order valence-corrected chi connectivity index (χ3v) is 10.2. The van der Waals surface area contributed by atoms with Crippen molar-refractivity contribution in [3.05, 3.63) is 60.1 Å². The second-order valence-corrected chi connectivity index (χ2v) is 14.1. The fourth-order valence-electron chi connectivity index (χ4n) is 6.28. The lowest BCUT2D eigenvalue weighted by Gasteiger charge is -2.42. The average molecular weight is 667 g/mol. The molecule has 2 fully saturated rings. The number of anilines is 6. The van der Waals surface area contributed by atoms with E-state index in [0.717, 1.165) is 55.1 Å². The van der Waals surface area contributed by atoms with Gasteiger partial charge >= 0.3 is 0 Å². The smallest absolute Gasteiger partial charge is 0.232 e. The summed E-state index contributed by atoms with van der Waals surface area (Å²) in [6, 6.07) is 6.40. The van der Waals surface area contributed by atoms with Gasteiger partial charge in [0.15, 0.2) is 11.6 Å². The number of fused-ring (bicyclic) bond motifs is 1. The van der Waals surface area contributed by atoms with Crippen LogP contribution in [0.4, 0.5) is 43.3 Å². The van der Waals surface area contributed by atoms with Crippen LogP contribution in [0.25, 0.3) is 11.0 Å². The van der Waals surface area contributed by atoms with Gasteiger partial charge in [-0.1, -0.05) is 6.92 Å². The highest BCUT2D eigenvalue weighted by Crippen LogP contribution is 2.36. The van der Waals surface area contributed by atoms with Crippen molar-refractivity contribution in [2.24, 2.45) is 0 Å². The summed E-state index contributed by atoms with van der Waals surface area (Å²) in [6.07, 6.45) is 8.04. The zero-order chi connectivity index (χ0) is 33.3. The average Bonchev–Trinajstić information content (AvgIpc) is 3.04. The van der Waals surface area contributed by atoms with Crippen molar-refractivity contribution in [3.8, 4) is 0 Å². The lowest BCUT2D eigenvalue weighted by molar-refractivity contribution is 0.0980. The Morgan fingerprint density at radius 2 is 1.64 bits per heavy atom. The number of aromatic nitrogens is 4. The van der Waals surface area contributed by atoms with Crippen molar-refractivity contribution in [1.29, 1.82) is 0 Å². The van der Waals surface area contributed by atoms with Crippen LogP contribution in [0.1, 0.15) is 25.3 Å². The van der Waals surface area contributed by atoms with Crippen LogP contribution in [0, 0.1) is 11.6 Å². The first-order valence-electron chi connectivity index (χ1n) is 15.8. The summed E-state index contributed by atoms with van der Waals surface area (Å²) in [4.78, 5) is 24.3. The Morgan fingerprint density at radius 1 is 0.957 bits per heavy atom. The lowest BCUT2D eigenvalue weighted by atomic mass is 10.0. The minimum atomic E-state index is -3.65. The standard InChI is InChI=1S/C32H40F2N10O2S/c1-5-21-20-37-32(40-31(21)39-27-7-6-26-28(36-11-10-35-26)30(27)42(3)47(4,45)46)38-22-18-24(33)29(25(34)19-22)44-12-8-23(9-13-44)43-16-14-41(2)15-17-43/h6-7,10-11,18-20,23H,5,8-9,12-17H2,1-4H3,(H2,37,38,39,40). The van der Waals surface area contributed by atoms with Crippen molar-refractivity contribution in [2.45, 2.75) is 32.2 Å².